The highest BCUT2D eigenvalue weighted by molar-refractivity contribution is 5.39. The molecule has 0 amide bonds. The fraction of sp³-hybridized carbons (Fsp3) is 0.467. The molecule has 1 rings (SSSR count). The van der Waals surface area contributed by atoms with Crippen LogP contribution in [-0.2, 0) is 4.74 Å². The second-order valence-electron chi connectivity index (χ2n) is 3.67. The maximum atomic E-state index is 5.61. The standard InChI is InChI=1S/C15H21NO3/c1-3-18-12-7-6-10-16-11-13-19-15-9-5-4-8-14(15)17-2/h4-5,8-9,16H,3,10-13H2,1-2H3. The molecule has 1 aromatic carbocycles. The monoisotopic (exact) mass is 263 g/mol. The van der Waals surface area contributed by atoms with E-state index in [1.165, 1.54) is 0 Å². The van der Waals surface area contributed by atoms with E-state index in [4.69, 9.17) is 14.2 Å². The first kappa shape index (κ1) is 15.4. The summed E-state index contributed by atoms with van der Waals surface area (Å²) in [5, 5.41) is 3.18. The van der Waals surface area contributed by atoms with Gasteiger partial charge in [-0.2, -0.15) is 0 Å². The Morgan fingerprint density at radius 1 is 1.16 bits per heavy atom. The summed E-state index contributed by atoms with van der Waals surface area (Å²) in [6, 6.07) is 7.60. The van der Waals surface area contributed by atoms with Gasteiger partial charge in [-0.15, -0.1) is 0 Å². The van der Waals surface area contributed by atoms with Crippen molar-refractivity contribution in [1.82, 2.24) is 5.32 Å². The maximum absolute atomic E-state index is 5.61. The zero-order chi connectivity index (χ0) is 13.8. The molecule has 0 saturated carbocycles. The zero-order valence-electron chi connectivity index (χ0n) is 11.6. The highest BCUT2D eigenvalue weighted by Gasteiger charge is 2.00. The molecule has 4 heteroatoms. The first-order valence-corrected chi connectivity index (χ1v) is 6.38. The van der Waals surface area contributed by atoms with Crippen LogP contribution < -0.4 is 14.8 Å². The van der Waals surface area contributed by atoms with E-state index < -0.39 is 0 Å². The molecule has 0 aliphatic heterocycles. The number of nitrogens with one attached hydrogen (secondary N) is 1. The lowest BCUT2D eigenvalue weighted by Gasteiger charge is -2.09. The molecule has 104 valence electrons. The normalized spacial score (nSPS) is 9.58. The van der Waals surface area contributed by atoms with Crippen LogP contribution >= 0.6 is 0 Å². The fourth-order valence-corrected chi connectivity index (χ4v) is 1.39. The molecular weight excluding hydrogens is 242 g/mol. The Labute approximate surface area is 115 Å². The molecule has 19 heavy (non-hydrogen) atoms. The molecule has 0 heterocycles. The zero-order valence-corrected chi connectivity index (χ0v) is 11.6. The van der Waals surface area contributed by atoms with Crippen LogP contribution in [0, 0.1) is 11.8 Å². The van der Waals surface area contributed by atoms with Gasteiger partial charge in [0, 0.05) is 13.2 Å². The molecule has 0 aromatic heterocycles. The van der Waals surface area contributed by atoms with Crippen LogP contribution in [0.25, 0.3) is 0 Å². The van der Waals surface area contributed by atoms with Crippen molar-refractivity contribution < 1.29 is 14.2 Å². The molecule has 0 aliphatic carbocycles. The van der Waals surface area contributed by atoms with Gasteiger partial charge in [0.2, 0.25) is 0 Å². The van der Waals surface area contributed by atoms with Crippen LogP contribution in [-0.4, -0.2) is 40.0 Å². The second-order valence-corrected chi connectivity index (χ2v) is 3.67. The Morgan fingerprint density at radius 3 is 2.68 bits per heavy atom. The van der Waals surface area contributed by atoms with Crippen molar-refractivity contribution in [2.45, 2.75) is 6.92 Å². The first-order chi connectivity index (χ1) is 9.38. The Balaban J connectivity index is 2.11. The van der Waals surface area contributed by atoms with Gasteiger partial charge >= 0.3 is 0 Å². The minimum atomic E-state index is 0.496. The highest BCUT2D eigenvalue weighted by Crippen LogP contribution is 2.25. The summed E-state index contributed by atoms with van der Waals surface area (Å²) >= 11 is 0. The maximum Gasteiger partial charge on any atom is 0.161 e. The quantitative estimate of drug-likeness (QED) is 0.572. The minimum Gasteiger partial charge on any atom is -0.493 e. The topological polar surface area (TPSA) is 39.7 Å². The van der Waals surface area contributed by atoms with Gasteiger partial charge in [-0.05, 0) is 19.1 Å². The SMILES string of the molecule is CCOCC#CCNCCOc1ccccc1OC. The van der Waals surface area contributed by atoms with Crippen LogP contribution in [0.3, 0.4) is 0 Å². The van der Waals surface area contributed by atoms with Crippen molar-refractivity contribution in [1.29, 1.82) is 0 Å². The predicted molar refractivity (Wildman–Crippen MR) is 75.6 cm³/mol. The highest BCUT2D eigenvalue weighted by atomic mass is 16.5. The van der Waals surface area contributed by atoms with Crippen LogP contribution in [0.1, 0.15) is 6.92 Å². The minimum absolute atomic E-state index is 0.496. The average molecular weight is 263 g/mol. The van der Waals surface area contributed by atoms with Crippen LogP contribution in [0.2, 0.25) is 0 Å². The van der Waals surface area contributed by atoms with E-state index in [2.05, 4.69) is 17.2 Å². The lowest BCUT2D eigenvalue weighted by molar-refractivity contribution is 0.182. The Morgan fingerprint density at radius 2 is 1.95 bits per heavy atom. The first-order valence-electron chi connectivity index (χ1n) is 6.38. The number of hydrogen-bond acceptors (Lipinski definition) is 4. The Kier molecular flexibility index (Phi) is 8.28. The van der Waals surface area contributed by atoms with E-state index in [9.17, 15) is 0 Å². The summed E-state index contributed by atoms with van der Waals surface area (Å²) in [4.78, 5) is 0. The fourth-order valence-electron chi connectivity index (χ4n) is 1.39. The average Bonchev–Trinajstić information content (AvgIpc) is 2.46. The van der Waals surface area contributed by atoms with Crippen molar-refractivity contribution in [3.8, 4) is 23.3 Å². The predicted octanol–water partition coefficient (Wildman–Crippen LogP) is 1.70. The lowest BCUT2D eigenvalue weighted by atomic mass is 10.3. The van der Waals surface area contributed by atoms with Gasteiger partial charge in [-0.1, -0.05) is 24.0 Å². The molecule has 4 nitrogen and oxygen atoms in total. The van der Waals surface area contributed by atoms with Crippen LogP contribution in [0.4, 0.5) is 0 Å². The molecule has 1 aromatic rings. The molecule has 0 bridgehead atoms. The smallest absolute Gasteiger partial charge is 0.161 e. The molecule has 0 saturated heterocycles. The van der Waals surface area contributed by atoms with E-state index >= 15 is 0 Å². The third-order valence-corrected chi connectivity index (χ3v) is 2.32. The number of benzene rings is 1. The number of para-hydroxylation sites is 2. The molecule has 0 fully saturated rings. The van der Waals surface area contributed by atoms with Gasteiger partial charge in [0.15, 0.2) is 11.5 Å². The molecule has 0 spiro atoms. The largest absolute Gasteiger partial charge is 0.493 e. The van der Waals surface area contributed by atoms with Gasteiger partial charge < -0.3 is 19.5 Å². The third kappa shape index (κ3) is 6.70. The van der Waals surface area contributed by atoms with E-state index in [0.717, 1.165) is 18.0 Å². The van der Waals surface area contributed by atoms with E-state index in [0.29, 0.717) is 26.4 Å². The summed E-state index contributed by atoms with van der Waals surface area (Å²) in [6.07, 6.45) is 0. The van der Waals surface area contributed by atoms with Crippen molar-refractivity contribution in [3.63, 3.8) is 0 Å². The van der Waals surface area contributed by atoms with E-state index in [1.54, 1.807) is 7.11 Å². The van der Waals surface area contributed by atoms with Crippen molar-refractivity contribution >= 4 is 0 Å². The van der Waals surface area contributed by atoms with E-state index in [1.807, 2.05) is 31.2 Å². The molecule has 0 unspecified atom stereocenters. The number of hydrogen-bond donors (Lipinski definition) is 1. The van der Waals surface area contributed by atoms with Crippen LogP contribution in [0.5, 0.6) is 11.5 Å². The van der Waals surface area contributed by atoms with Gasteiger partial charge in [-0.25, -0.2) is 0 Å². The number of rotatable bonds is 8. The Hall–Kier alpha value is -1.70. The number of methoxy groups -OCH3 is 1. The summed E-state index contributed by atoms with van der Waals surface area (Å²) in [7, 11) is 1.63. The van der Waals surface area contributed by atoms with Crippen LogP contribution in [0.15, 0.2) is 24.3 Å². The van der Waals surface area contributed by atoms with Gasteiger partial charge in [-0.3, -0.25) is 0 Å². The second kappa shape index (κ2) is 10.2. The van der Waals surface area contributed by atoms with Crippen molar-refractivity contribution in [2.75, 3.05) is 40.0 Å². The molecule has 0 aliphatic rings. The molecule has 0 atom stereocenters. The van der Waals surface area contributed by atoms with Crippen molar-refractivity contribution in [2.24, 2.45) is 0 Å². The summed E-state index contributed by atoms with van der Waals surface area (Å²) in [5.74, 6) is 7.40. The lowest BCUT2D eigenvalue weighted by Crippen LogP contribution is -2.21. The number of ether oxygens (including phenoxy) is 3. The summed E-state index contributed by atoms with van der Waals surface area (Å²) in [5.41, 5.74) is 0. The van der Waals surface area contributed by atoms with Gasteiger partial charge in [0.05, 0.1) is 13.7 Å². The van der Waals surface area contributed by atoms with Gasteiger partial charge in [0.1, 0.15) is 13.2 Å². The molecule has 0 radical (unpaired) electrons. The molecular formula is C15H21NO3. The summed E-state index contributed by atoms with van der Waals surface area (Å²) in [6.45, 7) is 5.11. The van der Waals surface area contributed by atoms with Crippen molar-refractivity contribution in [3.05, 3.63) is 24.3 Å². The summed E-state index contributed by atoms with van der Waals surface area (Å²) < 4.78 is 15.9. The van der Waals surface area contributed by atoms with E-state index in [-0.39, 0.29) is 0 Å². The van der Waals surface area contributed by atoms with Gasteiger partial charge in [0.25, 0.3) is 0 Å². The Bertz CT molecular complexity index is 409. The third-order valence-electron chi connectivity index (χ3n) is 2.32. The molecule has 1 N–H and O–H groups in total.